The van der Waals surface area contributed by atoms with Crippen LogP contribution in [-0.2, 0) is 12.8 Å². The molecule has 0 aromatic carbocycles. The molecule has 3 aliphatic carbocycles. The van der Waals surface area contributed by atoms with E-state index in [0.717, 1.165) is 41.9 Å². The van der Waals surface area contributed by atoms with E-state index in [1.165, 1.54) is 30.6 Å². The first-order valence-electron chi connectivity index (χ1n) is 10.8. The number of carbonyl (C=O) groups is 2. The molecule has 9 heteroatoms. The molecule has 2 saturated carbocycles. The largest absolute Gasteiger partial charge is 0.383 e. The van der Waals surface area contributed by atoms with Crippen molar-refractivity contribution in [3.63, 3.8) is 0 Å². The number of carbonyl (C=O) groups excluding carboxylic acids is 2. The van der Waals surface area contributed by atoms with Gasteiger partial charge in [0.05, 0.1) is 11.9 Å². The van der Waals surface area contributed by atoms with Crippen LogP contribution in [0, 0.1) is 5.92 Å². The Morgan fingerprint density at radius 1 is 1.23 bits per heavy atom. The van der Waals surface area contributed by atoms with Gasteiger partial charge in [0.25, 0.3) is 11.8 Å². The fraction of sp³-hybridized carbons (Fsp3) is 0.571. The zero-order valence-corrected chi connectivity index (χ0v) is 18.0. The Morgan fingerprint density at radius 3 is 2.73 bits per heavy atom. The number of aryl methyl sites for hydroxylation is 1. The third-order valence-electron chi connectivity index (χ3n) is 6.29. The molecule has 1 atom stereocenters. The molecule has 0 saturated heterocycles. The molecule has 2 aromatic rings. The lowest BCUT2D eigenvalue weighted by molar-refractivity contribution is 0.0946. The van der Waals surface area contributed by atoms with Crippen LogP contribution in [0.5, 0.6) is 0 Å². The summed E-state index contributed by atoms with van der Waals surface area (Å²) in [5.41, 5.74) is 8.45. The number of amides is 2. The maximum Gasteiger partial charge on any atom is 0.273 e. The number of nitrogens with zero attached hydrogens (tertiary/aromatic N) is 2. The van der Waals surface area contributed by atoms with Gasteiger partial charge >= 0.3 is 0 Å². The van der Waals surface area contributed by atoms with Gasteiger partial charge in [-0.3, -0.25) is 9.59 Å². The normalized spacial score (nSPS) is 20.5. The van der Waals surface area contributed by atoms with Gasteiger partial charge in [-0.25, -0.2) is 4.98 Å². The SMILES string of the molecule is CNC(=O)c1ncn([C@H]2CCc3sc(NC4CC4)c(C(=O)NCC4CC4)c3C2)c1N. The molecule has 0 unspecified atom stereocenters. The number of aromatic nitrogens is 2. The second-order valence-corrected chi connectivity index (χ2v) is 9.75. The maximum atomic E-state index is 13.1. The van der Waals surface area contributed by atoms with E-state index in [1.54, 1.807) is 24.7 Å². The number of rotatable bonds is 7. The Labute approximate surface area is 179 Å². The summed E-state index contributed by atoms with van der Waals surface area (Å²) < 4.78 is 1.89. The van der Waals surface area contributed by atoms with Crippen LogP contribution < -0.4 is 21.7 Å². The minimum absolute atomic E-state index is 0.0350. The fourth-order valence-corrected chi connectivity index (χ4v) is 5.48. The molecule has 0 radical (unpaired) electrons. The van der Waals surface area contributed by atoms with Crippen molar-refractivity contribution < 1.29 is 9.59 Å². The predicted octanol–water partition coefficient (Wildman–Crippen LogP) is 2.33. The molecule has 2 heterocycles. The van der Waals surface area contributed by atoms with Crippen molar-refractivity contribution in [3.8, 4) is 0 Å². The summed E-state index contributed by atoms with van der Waals surface area (Å²) in [6, 6.07) is 0.581. The second kappa shape index (κ2) is 7.61. The number of hydrogen-bond donors (Lipinski definition) is 4. The quantitative estimate of drug-likeness (QED) is 0.540. The van der Waals surface area contributed by atoms with Crippen molar-refractivity contribution >= 4 is 34.0 Å². The zero-order chi connectivity index (χ0) is 20.8. The van der Waals surface area contributed by atoms with Crippen LogP contribution in [0.4, 0.5) is 10.8 Å². The van der Waals surface area contributed by atoms with E-state index in [4.69, 9.17) is 5.73 Å². The highest BCUT2D eigenvalue weighted by molar-refractivity contribution is 7.16. The Bertz CT molecular complexity index is 988. The lowest BCUT2D eigenvalue weighted by Crippen LogP contribution is -2.28. The number of hydrogen-bond acceptors (Lipinski definition) is 6. The predicted molar refractivity (Wildman–Crippen MR) is 117 cm³/mol. The zero-order valence-electron chi connectivity index (χ0n) is 17.2. The van der Waals surface area contributed by atoms with Gasteiger partial charge in [-0.1, -0.05) is 0 Å². The van der Waals surface area contributed by atoms with Gasteiger partial charge < -0.3 is 26.3 Å². The summed E-state index contributed by atoms with van der Waals surface area (Å²) in [6.07, 6.45) is 8.94. The number of thiophene rings is 1. The summed E-state index contributed by atoms with van der Waals surface area (Å²) in [5.74, 6) is 0.779. The van der Waals surface area contributed by atoms with Crippen LogP contribution in [0.3, 0.4) is 0 Å². The van der Waals surface area contributed by atoms with Gasteiger partial charge in [-0.15, -0.1) is 11.3 Å². The van der Waals surface area contributed by atoms with Crippen molar-refractivity contribution in [2.45, 2.75) is 57.0 Å². The summed E-state index contributed by atoms with van der Waals surface area (Å²) in [7, 11) is 1.57. The molecular weight excluding hydrogens is 400 g/mol. The number of anilines is 2. The first-order valence-corrected chi connectivity index (χ1v) is 11.6. The summed E-state index contributed by atoms with van der Waals surface area (Å²) in [4.78, 5) is 30.6. The molecule has 5 N–H and O–H groups in total. The number of nitrogens with two attached hydrogens (primary N) is 1. The van der Waals surface area contributed by atoms with E-state index in [-0.39, 0.29) is 23.6 Å². The Balaban J connectivity index is 1.43. The molecule has 0 aliphatic heterocycles. The summed E-state index contributed by atoms with van der Waals surface area (Å²) in [5, 5.41) is 10.3. The Kier molecular flexibility index (Phi) is 4.92. The molecule has 0 spiro atoms. The first-order chi connectivity index (χ1) is 14.5. The first kappa shape index (κ1) is 19.4. The highest BCUT2D eigenvalue weighted by Crippen LogP contribution is 2.43. The highest BCUT2D eigenvalue weighted by atomic mass is 32.1. The van der Waals surface area contributed by atoms with Gasteiger partial charge in [0, 0.05) is 30.6 Å². The van der Waals surface area contributed by atoms with Crippen molar-refractivity contribution in [3.05, 3.63) is 28.0 Å². The van der Waals surface area contributed by atoms with Crippen molar-refractivity contribution in [2.24, 2.45) is 5.92 Å². The third-order valence-corrected chi connectivity index (χ3v) is 7.51. The van der Waals surface area contributed by atoms with E-state index in [2.05, 4.69) is 20.9 Å². The van der Waals surface area contributed by atoms with Crippen molar-refractivity contribution in [1.82, 2.24) is 20.2 Å². The Hall–Kier alpha value is -2.55. The van der Waals surface area contributed by atoms with E-state index < -0.39 is 0 Å². The third kappa shape index (κ3) is 3.66. The average molecular weight is 429 g/mol. The monoisotopic (exact) mass is 428 g/mol. The van der Waals surface area contributed by atoms with Gasteiger partial charge in [0.15, 0.2) is 5.69 Å². The van der Waals surface area contributed by atoms with Crippen molar-refractivity contribution in [2.75, 3.05) is 24.6 Å². The fourth-order valence-electron chi connectivity index (χ4n) is 4.16. The van der Waals surface area contributed by atoms with E-state index >= 15 is 0 Å². The van der Waals surface area contributed by atoms with Crippen LogP contribution in [0.1, 0.15) is 69.4 Å². The average Bonchev–Trinajstić information content (AvgIpc) is 3.66. The number of fused-ring (bicyclic) bond motifs is 1. The van der Waals surface area contributed by atoms with Crippen LogP contribution in [-0.4, -0.2) is 41.0 Å². The van der Waals surface area contributed by atoms with Crippen LogP contribution >= 0.6 is 11.3 Å². The maximum absolute atomic E-state index is 13.1. The summed E-state index contributed by atoms with van der Waals surface area (Å²) in [6.45, 7) is 0.764. The van der Waals surface area contributed by atoms with E-state index in [0.29, 0.717) is 17.8 Å². The molecule has 2 amide bonds. The van der Waals surface area contributed by atoms with Gasteiger partial charge in [-0.2, -0.15) is 0 Å². The molecule has 8 nitrogen and oxygen atoms in total. The van der Waals surface area contributed by atoms with Crippen LogP contribution in [0.15, 0.2) is 6.33 Å². The number of imidazole rings is 1. The molecular formula is C21H28N6O2S. The topological polar surface area (TPSA) is 114 Å². The van der Waals surface area contributed by atoms with Gasteiger partial charge in [-0.05, 0) is 56.4 Å². The highest BCUT2D eigenvalue weighted by Gasteiger charge is 2.33. The molecule has 0 bridgehead atoms. The van der Waals surface area contributed by atoms with Gasteiger partial charge in [0.2, 0.25) is 0 Å². The number of nitrogens with one attached hydrogen (secondary N) is 3. The molecule has 2 aromatic heterocycles. The summed E-state index contributed by atoms with van der Waals surface area (Å²) >= 11 is 1.73. The molecule has 3 aliphatic rings. The molecule has 30 heavy (non-hydrogen) atoms. The minimum Gasteiger partial charge on any atom is -0.383 e. The van der Waals surface area contributed by atoms with Crippen LogP contribution in [0.2, 0.25) is 0 Å². The lowest BCUT2D eigenvalue weighted by atomic mass is 9.91. The lowest BCUT2D eigenvalue weighted by Gasteiger charge is -2.25. The molecule has 5 rings (SSSR count). The van der Waals surface area contributed by atoms with Crippen LogP contribution in [0.25, 0.3) is 0 Å². The van der Waals surface area contributed by atoms with Gasteiger partial charge in [0.1, 0.15) is 10.8 Å². The smallest absolute Gasteiger partial charge is 0.273 e. The number of nitrogen functional groups attached to an aromatic ring is 1. The standard InChI is InChI=1S/C21H28N6O2S/c1-23-20(29)17-18(22)27(10-25-17)13-6-7-15-14(8-13)16(19(28)24-9-11-2-3-11)21(30-15)26-12-4-5-12/h10-13,26H,2-9,22H2,1H3,(H,23,29)(H,24,28)/t13-/m0/s1. The Morgan fingerprint density at radius 2 is 2.03 bits per heavy atom. The van der Waals surface area contributed by atoms with Crippen molar-refractivity contribution in [1.29, 1.82) is 0 Å². The van der Waals surface area contributed by atoms with E-state index in [9.17, 15) is 9.59 Å². The minimum atomic E-state index is -0.283. The van der Waals surface area contributed by atoms with E-state index in [1.807, 2.05) is 4.57 Å². The molecule has 160 valence electrons. The second-order valence-electron chi connectivity index (χ2n) is 8.64. The molecule has 2 fully saturated rings.